The second kappa shape index (κ2) is 6.50. The Morgan fingerprint density at radius 2 is 1.50 bits per heavy atom. The highest BCUT2D eigenvalue weighted by Crippen LogP contribution is 2.38. The number of likely N-dealkylation sites (tertiary alicyclic amines) is 1. The Morgan fingerprint density at radius 1 is 0.950 bits per heavy atom. The zero-order valence-electron chi connectivity index (χ0n) is 12.3. The zero-order valence-corrected chi connectivity index (χ0v) is 12.3. The van der Waals surface area contributed by atoms with Crippen LogP contribution in [0.2, 0.25) is 0 Å². The summed E-state index contributed by atoms with van der Waals surface area (Å²) in [6, 6.07) is 3.41. The summed E-state index contributed by atoms with van der Waals surface area (Å²) >= 11 is 0. The first-order chi connectivity index (χ1) is 9.71. The highest BCUT2D eigenvalue weighted by Gasteiger charge is 2.22. The molecule has 0 atom stereocenters. The quantitative estimate of drug-likeness (QED) is 0.848. The van der Waals surface area contributed by atoms with Gasteiger partial charge in [0.1, 0.15) is 0 Å². The molecule has 0 saturated carbocycles. The van der Waals surface area contributed by atoms with Crippen molar-refractivity contribution in [3.63, 3.8) is 0 Å². The van der Waals surface area contributed by atoms with Gasteiger partial charge in [-0.2, -0.15) is 0 Å². The monoisotopic (exact) mass is 279 g/mol. The van der Waals surface area contributed by atoms with Gasteiger partial charge in [0.05, 0.1) is 21.3 Å². The van der Waals surface area contributed by atoms with Crippen molar-refractivity contribution in [2.75, 3.05) is 34.4 Å². The van der Waals surface area contributed by atoms with Gasteiger partial charge in [0.25, 0.3) is 5.91 Å². The summed E-state index contributed by atoms with van der Waals surface area (Å²) in [4.78, 5) is 14.4. The van der Waals surface area contributed by atoms with E-state index in [2.05, 4.69) is 0 Å². The maximum absolute atomic E-state index is 12.5. The first-order valence-corrected chi connectivity index (χ1v) is 6.80. The molecule has 1 aromatic carbocycles. The molecule has 1 aliphatic rings. The Kier molecular flexibility index (Phi) is 4.71. The van der Waals surface area contributed by atoms with Gasteiger partial charge in [-0.15, -0.1) is 0 Å². The van der Waals surface area contributed by atoms with E-state index in [0.717, 1.165) is 25.9 Å². The summed E-state index contributed by atoms with van der Waals surface area (Å²) < 4.78 is 15.8. The van der Waals surface area contributed by atoms with Crippen LogP contribution in [-0.4, -0.2) is 45.2 Å². The van der Waals surface area contributed by atoms with Gasteiger partial charge >= 0.3 is 0 Å². The predicted octanol–water partition coefficient (Wildman–Crippen LogP) is 2.34. The molecule has 1 aromatic rings. The molecule has 20 heavy (non-hydrogen) atoms. The van der Waals surface area contributed by atoms with E-state index in [-0.39, 0.29) is 5.91 Å². The van der Waals surface area contributed by atoms with Gasteiger partial charge in [-0.05, 0) is 31.4 Å². The number of piperidine rings is 1. The van der Waals surface area contributed by atoms with Crippen molar-refractivity contribution in [2.24, 2.45) is 0 Å². The van der Waals surface area contributed by atoms with Crippen molar-refractivity contribution >= 4 is 5.91 Å². The maximum Gasteiger partial charge on any atom is 0.254 e. The number of methoxy groups -OCH3 is 3. The molecule has 0 aliphatic carbocycles. The van der Waals surface area contributed by atoms with Crippen LogP contribution in [0.25, 0.3) is 0 Å². The van der Waals surface area contributed by atoms with Crippen molar-refractivity contribution < 1.29 is 19.0 Å². The molecule has 5 nitrogen and oxygen atoms in total. The minimum atomic E-state index is 0.0175. The van der Waals surface area contributed by atoms with Crippen molar-refractivity contribution in [3.8, 4) is 17.2 Å². The molecule has 2 rings (SSSR count). The van der Waals surface area contributed by atoms with E-state index < -0.39 is 0 Å². The van der Waals surface area contributed by atoms with E-state index in [4.69, 9.17) is 14.2 Å². The van der Waals surface area contributed by atoms with Crippen LogP contribution >= 0.6 is 0 Å². The van der Waals surface area contributed by atoms with Gasteiger partial charge in [-0.1, -0.05) is 0 Å². The molecule has 1 fully saturated rings. The molecule has 0 radical (unpaired) electrons. The van der Waals surface area contributed by atoms with E-state index in [1.54, 1.807) is 33.5 Å². The van der Waals surface area contributed by atoms with Crippen LogP contribution < -0.4 is 14.2 Å². The zero-order chi connectivity index (χ0) is 14.5. The third-order valence-corrected chi connectivity index (χ3v) is 3.55. The molecule has 1 saturated heterocycles. The van der Waals surface area contributed by atoms with Crippen LogP contribution in [0.3, 0.4) is 0 Å². The van der Waals surface area contributed by atoms with E-state index in [1.165, 1.54) is 6.42 Å². The largest absolute Gasteiger partial charge is 0.493 e. The fourth-order valence-electron chi connectivity index (χ4n) is 2.48. The molecular formula is C15H21NO4. The Bertz CT molecular complexity index is 456. The van der Waals surface area contributed by atoms with E-state index in [1.807, 2.05) is 4.90 Å². The molecule has 0 unspecified atom stereocenters. The van der Waals surface area contributed by atoms with E-state index in [9.17, 15) is 4.79 Å². The molecule has 0 spiro atoms. The fourth-order valence-corrected chi connectivity index (χ4v) is 2.48. The fraction of sp³-hybridized carbons (Fsp3) is 0.533. The van der Waals surface area contributed by atoms with Crippen LogP contribution in [0.1, 0.15) is 29.6 Å². The Hall–Kier alpha value is -1.91. The summed E-state index contributed by atoms with van der Waals surface area (Å²) in [6.45, 7) is 1.63. The SMILES string of the molecule is COc1cc(C(=O)N2CCCCC2)cc(OC)c1OC. The molecule has 1 aliphatic heterocycles. The molecular weight excluding hydrogens is 258 g/mol. The molecule has 0 aromatic heterocycles. The van der Waals surface area contributed by atoms with Gasteiger partial charge in [-0.25, -0.2) is 0 Å². The van der Waals surface area contributed by atoms with Crippen LogP contribution in [-0.2, 0) is 0 Å². The summed E-state index contributed by atoms with van der Waals surface area (Å²) in [6.07, 6.45) is 3.32. The topological polar surface area (TPSA) is 48.0 Å². The Balaban J connectivity index is 2.33. The third-order valence-electron chi connectivity index (χ3n) is 3.55. The van der Waals surface area contributed by atoms with Gasteiger partial charge in [-0.3, -0.25) is 4.79 Å². The van der Waals surface area contributed by atoms with E-state index >= 15 is 0 Å². The van der Waals surface area contributed by atoms with Crippen molar-refractivity contribution in [1.29, 1.82) is 0 Å². The van der Waals surface area contributed by atoms with Gasteiger partial charge in [0.2, 0.25) is 5.75 Å². The van der Waals surface area contributed by atoms with Gasteiger partial charge < -0.3 is 19.1 Å². The second-order valence-corrected chi connectivity index (χ2v) is 4.77. The number of nitrogens with zero attached hydrogens (tertiary/aromatic N) is 1. The number of ether oxygens (including phenoxy) is 3. The lowest BCUT2D eigenvalue weighted by Gasteiger charge is -2.27. The number of rotatable bonds is 4. The maximum atomic E-state index is 12.5. The normalized spacial score (nSPS) is 14.8. The first kappa shape index (κ1) is 14.5. The summed E-state index contributed by atoms with van der Waals surface area (Å²) in [5.74, 6) is 1.54. The summed E-state index contributed by atoms with van der Waals surface area (Å²) in [7, 11) is 4.64. The number of hydrogen-bond acceptors (Lipinski definition) is 4. The minimum Gasteiger partial charge on any atom is -0.493 e. The highest BCUT2D eigenvalue weighted by molar-refractivity contribution is 5.95. The average Bonchev–Trinajstić information content (AvgIpc) is 2.53. The number of hydrogen-bond donors (Lipinski definition) is 0. The smallest absolute Gasteiger partial charge is 0.254 e. The molecule has 1 amide bonds. The predicted molar refractivity (Wildman–Crippen MR) is 75.9 cm³/mol. The third kappa shape index (κ3) is 2.81. The molecule has 1 heterocycles. The van der Waals surface area contributed by atoms with Crippen molar-refractivity contribution in [2.45, 2.75) is 19.3 Å². The lowest BCUT2D eigenvalue weighted by molar-refractivity contribution is 0.0723. The summed E-state index contributed by atoms with van der Waals surface area (Å²) in [5.41, 5.74) is 0.571. The first-order valence-electron chi connectivity index (χ1n) is 6.80. The molecule has 0 N–H and O–H groups in total. The number of amides is 1. The lowest BCUT2D eigenvalue weighted by Crippen LogP contribution is -2.35. The van der Waals surface area contributed by atoms with Crippen LogP contribution in [0.15, 0.2) is 12.1 Å². The van der Waals surface area contributed by atoms with Gasteiger partial charge in [0.15, 0.2) is 11.5 Å². The van der Waals surface area contributed by atoms with Crippen molar-refractivity contribution in [1.82, 2.24) is 4.90 Å². The van der Waals surface area contributed by atoms with E-state index in [0.29, 0.717) is 22.8 Å². The molecule has 0 bridgehead atoms. The minimum absolute atomic E-state index is 0.0175. The average molecular weight is 279 g/mol. The van der Waals surface area contributed by atoms with Crippen LogP contribution in [0.4, 0.5) is 0 Å². The van der Waals surface area contributed by atoms with Crippen LogP contribution in [0.5, 0.6) is 17.2 Å². The number of carbonyl (C=O) groups excluding carboxylic acids is 1. The number of benzene rings is 1. The Labute approximate surface area is 119 Å². The second-order valence-electron chi connectivity index (χ2n) is 4.77. The molecule has 110 valence electrons. The highest BCUT2D eigenvalue weighted by atomic mass is 16.5. The molecule has 5 heteroatoms. The van der Waals surface area contributed by atoms with Crippen LogP contribution in [0, 0.1) is 0 Å². The van der Waals surface area contributed by atoms with Gasteiger partial charge in [0, 0.05) is 18.7 Å². The Morgan fingerprint density at radius 3 is 1.95 bits per heavy atom. The standard InChI is InChI=1S/C15H21NO4/c1-18-12-9-11(10-13(19-2)14(12)20-3)15(17)16-7-5-4-6-8-16/h9-10H,4-8H2,1-3H3. The number of carbonyl (C=O) groups is 1. The van der Waals surface area contributed by atoms with Crippen molar-refractivity contribution in [3.05, 3.63) is 17.7 Å². The lowest BCUT2D eigenvalue weighted by atomic mass is 10.1. The summed E-state index contributed by atoms with van der Waals surface area (Å²) in [5, 5.41) is 0.